The van der Waals surface area contributed by atoms with Crippen LogP contribution in [0.25, 0.3) is 0 Å². The van der Waals surface area contributed by atoms with E-state index in [1.807, 2.05) is 0 Å². The summed E-state index contributed by atoms with van der Waals surface area (Å²) in [5.74, 6) is -0.657. The molecule has 0 aliphatic rings. The van der Waals surface area contributed by atoms with E-state index >= 15 is 0 Å². The molecule has 2 heteroatoms. The number of carboxylic acid groups (broad SMARTS) is 1. The molecule has 32 heavy (non-hydrogen) atoms. The number of hydrogen-bond donors (Lipinski definition) is 1. The molecule has 0 rings (SSSR count). The summed E-state index contributed by atoms with van der Waals surface area (Å²) in [6.07, 6.45) is 42.1. The van der Waals surface area contributed by atoms with Crippen LogP contribution in [0.2, 0.25) is 0 Å². The normalized spacial score (nSPS) is 12.3. The summed E-state index contributed by atoms with van der Waals surface area (Å²) >= 11 is 0. The Bertz CT molecular complexity index is 499. The van der Waals surface area contributed by atoms with Crippen LogP contribution in [-0.4, -0.2) is 11.1 Å². The zero-order valence-corrected chi connectivity index (χ0v) is 21.1. The van der Waals surface area contributed by atoms with Crippen LogP contribution in [-0.2, 0) is 4.79 Å². The summed E-state index contributed by atoms with van der Waals surface area (Å²) < 4.78 is 0. The van der Waals surface area contributed by atoms with E-state index in [0.717, 1.165) is 38.5 Å². The van der Waals surface area contributed by atoms with Gasteiger partial charge in [-0.25, -0.2) is 0 Å². The predicted octanol–water partition coefficient (Wildman–Crippen LogP) is 10.1. The van der Waals surface area contributed by atoms with Crippen LogP contribution in [0.1, 0.15) is 135 Å². The van der Waals surface area contributed by atoms with Crippen molar-refractivity contribution in [3.05, 3.63) is 48.6 Å². The second-order valence-electron chi connectivity index (χ2n) is 8.88. The van der Waals surface area contributed by atoms with E-state index < -0.39 is 5.97 Å². The lowest BCUT2D eigenvalue weighted by Crippen LogP contribution is -1.93. The third-order valence-corrected chi connectivity index (χ3v) is 5.73. The first-order valence-corrected chi connectivity index (χ1v) is 13.6. The lowest BCUT2D eigenvalue weighted by molar-refractivity contribution is -0.137. The predicted molar refractivity (Wildman–Crippen MR) is 142 cm³/mol. The molecule has 0 aliphatic carbocycles. The Morgan fingerprint density at radius 1 is 0.500 bits per heavy atom. The van der Waals surface area contributed by atoms with Crippen molar-refractivity contribution < 1.29 is 9.90 Å². The fourth-order valence-electron chi connectivity index (χ4n) is 3.76. The molecule has 0 bridgehead atoms. The smallest absolute Gasteiger partial charge is 0.303 e. The quantitative estimate of drug-likeness (QED) is 0.119. The third-order valence-electron chi connectivity index (χ3n) is 5.73. The summed E-state index contributed by atoms with van der Waals surface area (Å²) in [6.45, 7) is 2.17. The van der Waals surface area contributed by atoms with Gasteiger partial charge < -0.3 is 5.11 Å². The Morgan fingerprint density at radius 3 is 1.25 bits per heavy atom. The fourth-order valence-corrected chi connectivity index (χ4v) is 3.76. The Kier molecular flexibility index (Phi) is 26.1. The number of unbranched alkanes of at least 4 members (excludes halogenated alkanes) is 14. The van der Waals surface area contributed by atoms with Gasteiger partial charge in [0.15, 0.2) is 0 Å². The summed E-state index contributed by atoms with van der Waals surface area (Å²) in [5, 5.41) is 8.60. The minimum absolute atomic E-state index is 0.338. The molecule has 2 nitrogen and oxygen atoms in total. The van der Waals surface area contributed by atoms with Gasteiger partial charge in [-0.15, -0.1) is 0 Å². The van der Waals surface area contributed by atoms with Crippen molar-refractivity contribution in [2.24, 2.45) is 0 Å². The first-order valence-electron chi connectivity index (χ1n) is 13.6. The monoisotopic (exact) mass is 444 g/mol. The van der Waals surface area contributed by atoms with E-state index in [2.05, 4.69) is 55.5 Å². The summed E-state index contributed by atoms with van der Waals surface area (Å²) in [6, 6.07) is 0. The molecule has 0 aromatic rings. The van der Waals surface area contributed by atoms with Gasteiger partial charge in [-0.3, -0.25) is 4.79 Å². The van der Waals surface area contributed by atoms with Gasteiger partial charge in [-0.1, -0.05) is 133 Å². The summed E-state index contributed by atoms with van der Waals surface area (Å²) in [7, 11) is 0. The molecule has 0 heterocycles. The topological polar surface area (TPSA) is 37.3 Å². The number of aliphatic carboxylic acids is 1. The van der Waals surface area contributed by atoms with Crippen molar-refractivity contribution in [1.82, 2.24) is 0 Å². The zero-order chi connectivity index (χ0) is 23.4. The van der Waals surface area contributed by atoms with Crippen LogP contribution in [0.5, 0.6) is 0 Å². The number of hydrogen-bond acceptors (Lipinski definition) is 1. The summed E-state index contributed by atoms with van der Waals surface area (Å²) in [4.78, 5) is 10.4. The highest BCUT2D eigenvalue weighted by atomic mass is 16.4. The lowest BCUT2D eigenvalue weighted by Gasteiger charge is -2.03. The van der Waals surface area contributed by atoms with Crippen molar-refractivity contribution in [3.8, 4) is 0 Å². The second kappa shape index (κ2) is 27.5. The minimum atomic E-state index is -0.657. The minimum Gasteiger partial charge on any atom is -0.481 e. The highest BCUT2D eigenvalue weighted by Gasteiger charge is 1.97. The van der Waals surface area contributed by atoms with E-state index in [1.165, 1.54) is 83.5 Å². The van der Waals surface area contributed by atoms with Crippen LogP contribution in [0.4, 0.5) is 0 Å². The van der Waals surface area contributed by atoms with Crippen molar-refractivity contribution in [2.75, 3.05) is 0 Å². The molecule has 0 radical (unpaired) electrons. The van der Waals surface area contributed by atoms with Gasteiger partial charge in [0.05, 0.1) is 0 Å². The van der Waals surface area contributed by atoms with Crippen LogP contribution in [0, 0.1) is 0 Å². The van der Waals surface area contributed by atoms with E-state index in [4.69, 9.17) is 5.11 Å². The van der Waals surface area contributed by atoms with Crippen LogP contribution in [0.3, 0.4) is 0 Å². The molecule has 184 valence electrons. The molecular weight excluding hydrogens is 392 g/mol. The van der Waals surface area contributed by atoms with E-state index in [1.54, 1.807) is 0 Å². The molecule has 0 atom stereocenters. The van der Waals surface area contributed by atoms with Gasteiger partial charge in [0, 0.05) is 6.42 Å². The van der Waals surface area contributed by atoms with Crippen LogP contribution >= 0.6 is 0 Å². The molecule has 0 aromatic heterocycles. The Balaban J connectivity index is 3.20. The van der Waals surface area contributed by atoms with Crippen LogP contribution < -0.4 is 0 Å². The molecule has 0 saturated carbocycles. The van der Waals surface area contributed by atoms with Gasteiger partial charge in [-0.05, 0) is 44.9 Å². The highest BCUT2D eigenvalue weighted by Crippen LogP contribution is 2.13. The average Bonchev–Trinajstić information content (AvgIpc) is 2.78. The van der Waals surface area contributed by atoms with Gasteiger partial charge in [0.2, 0.25) is 0 Å². The molecule has 0 amide bonds. The molecule has 0 aliphatic heterocycles. The van der Waals surface area contributed by atoms with Gasteiger partial charge in [-0.2, -0.15) is 0 Å². The van der Waals surface area contributed by atoms with Crippen molar-refractivity contribution >= 4 is 5.97 Å². The van der Waals surface area contributed by atoms with Crippen molar-refractivity contribution in [2.45, 2.75) is 135 Å². The lowest BCUT2D eigenvalue weighted by atomic mass is 10.0. The first-order chi connectivity index (χ1) is 15.8. The zero-order valence-electron chi connectivity index (χ0n) is 21.1. The SMILES string of the molecule is CC/C=C\C/C=C\C/C=C\C/C=C\CCCCCCCCCCCCCCCCC(=O)O. The van der Waals surface area contributed by atoms with Crippen molar-refractivity contribution in [1.29, 1.82) is 0 Å². The van der Waals surface area contributed by atoms with Crippen molar-refractivity contribution in [3.63, 3.8) is 0 Å². The molecule has 0 unspecified atom stereocenters. The molecule has 0 aromatic carbocycles. The fraction of sp³-hybridized carbons (Fsp3) is 0.700. The van der Waals surface area contributed by atoms with E-state index in [9.17, 15) is 4.79 Å². The van der Waals surface area contributed by atoms with Gasteiger partial charge >= 0.3 is 5.97 Å². The molecular formula is C30H52O2. The van der Waals surface area contributed by atoms with Gasteiger partial charge in [0.25, 0.3) is 0 Å². The second-order valence-corrected chi connectivity index (χ2v) is 8.88. The maximum absolute atomic E-state index is 10.4. The van der Waals surface area contributed by atoms with Crippen LogP contribution in [0.15, 0.2) is 48.6 Å². The van der Waals surface area contributed by atoms with E-state index in [0.29, 0.717) is 6.42 Å². The maximum atomic E-state index is 10.4. The first kappa shape index (κ1) is 30.4. The molecule has 0 saturated heterocycles. The van der Waals surface area contributed by atoms with Gasteiger partial charge in [0.1, 0.15) is 0 Å². The Labute approximate surface area is 200 Å². The molecule has 1 N–H and O–H groups in total. The van der Waals surface area contributed by atoms with E-state index in [-0.39, 0.29) is 0 Å². The number of carboxylic acids is 1. The Morgan fingerprint density at radius 2 is 0.844 bits per heavy atom. The molecule has 0 fully saturated rings. The number of rotatable bonds is 24. The highest BCUT2D eigenvalue weighted by molar-refractivity contribution is 5.66. The third kappa shape index (κ3) is 28.4. The summed E-state index contributed by atoms with van der Waals surface area (Å²) in [5.41, 5.74) is 0. The standard InChI is InChI=1S/C30H52O2/c1-2-3-4-5-6-7-8-9-10-11-12-13-14-15-16-17-18-19-20-21-22-23-24-25-26-27-28-29-30(31)32/h3-4,6-7,9-10,12-13H,2,5,8,11,14-29H2,1H3,(H,31,32)/b4-3-,7-6-,10-9-,13-12-. The number of allylic oxidation sites excluding steroid dienone is 8. The Hall–Kier alpha value is -1.57. The number of carbonyl (C=O) groups is 1. The molecule has 0 spiro atoms. The maximum Gasteiger partial charge on any atom is 0.303 e. The largest absolute Gasteiger partial charge is 0.481 e. The average molecular weight is 445 g/mol.